The Labute approximate surface area is 183 Å². The number of aromatic nitrogens is 2. The van der Waals surface area contributed by atoms with Gasteiger partial charge in [-0.2, -0.15) is 0 Å². The Bertz CT molecular complexity index is 1290. The number of hydrogen-bond acceptors (Lipinski definition) is 5. The second-order valence-electron chi connectivity index (χ2n) is 6.87. The van der Waals surface area contributed by atoms with E-state index in [1.54, 1.807) is 29.9 Å². The summed E-state index contributed by atoms with van der Waals surface area (Å²) in [6, 6.07) is 19.7. The Morgan fingerprint density at radius 1 is 0.968 bits per heavy atom. The van der Waals surface area contributed by atoms with E-state index in [-0.39, 0.29) is 11.3 Å². The number of thioether (sulfide) groups is 1. The summed E-state index contributed by atoms with van der Waals surface area (Å²) in [5.74, 6) is 0.942. The maximum atomic E-state index is 14.1. The molecule has 0 aliphatic heterocycles. The van der Waals surface area contributed by atoms with Gasteiger partial charge in [-0.15, -0.1) is 0 Å². The average molecular weight is 437 g/mol. The van der Waals surface area contributed by atoms with Crippen molar-refractivity contribution in [2.75, 3.05) is 14.2 Å². The van der Waals surface area contributed by atoms with Crippen LogP contribution in [-0.2, 0) is 12.3 Å². The van der Waals surface area contributed by atoms with E-state index in [1.807, 2.05) is 42.5 Å². The molecule has 1 heterocycles. The molecule has 0 unspecified atom stereocenters. The topological polar surface area (TPSA) is 53.3 Å². The molecule has 31 heavy (non-hydrogen) atoms. The predicted octanol–water partition coefficient (Wildman–Crippen LogP) is 4.89. The Morgan fingerprint density at radius 3 is 2.48 bits per heavy atom. The molecule has 3 aromatic carbocycles. The van der Waals surface area contributed by atoms with Crippen LogP contribution in [0.4, 0.5) is 4.39 Å². The number of fused-ring (bicyclic) bond motifs is 1. The van der Waals surface area contributed by atoms with E-state index in [0.29, 0.717) is 34.1 Å². The van der Waals surface area contributed by atoms with Gasteiger partial charge in [0.25, 0.3) is 5.56 Å². The summed E-state index contributed by atoms with van der Waals surface area (Å²) in [7, 11) is 3.04. The third kappa shape index (κ3) is 4.41. The molecule has 0 saturated heterocycles. The number of halogens is 1. The van der Waals surface area contributed by atoms with Crippen molar-refractivity contribution in [1.82, 2.24) is 9.55 Å². The maximum absolute atomic E-state index is 14.1. The SMILES string of the molecule is COc1ccc(CSc2nc3ccccc3c(=O)n2Cc2ccccc2OC)cc1F. The Hall–Kier alpha value is -3.32. The van der Waals surface area contributed by atoms with Gasteiger partial charge in [-0.05, 0) is 35.9 Å². The first-order valence-electron chi connectivity index (χ1n) is 9.67. The first-order valence-corrected chi connectivity index (χ1v) is 10.7. The highest BCUT2D eigenvalue weighted by atomic mass is 32.2. The third-order valence-electron chi connectivity index (χ3n) is 4.93. The van der Waals surface area contributed by atoms with E-state index in [2.05, 4.69) is 0 Å². The maximum Gasteiger partial charge on any atom is 0.262 e. The van der Waals surface area contributed by atoms with Gasteiger partial charge in [0, 0.05) is 11.3 Å². The Balaban J connectivity index is 1.73. The number of benzene rings is 3. The normalized spacial score (nSPS) is 10.9. The molecule has 5 nitrogen and oxygen atoms in total. The van der Waals surface area contributed by atoms with E-state index in [9.17, 15) is 9.18 Å². The number of hydrogen-bond donors (Lipinski definition) is 0. The number of methoxy groups -OCH3 is 2. The van der Waals surface area contributed by atoms with Crippen molar-refractivity contribution in [2.45, 2.75) is 17.5 Å². The van der Waals surface area contributed by atoms with Crippen LogP contribution in [0.3, 0.4) is 0 Å². The molecular weight excluding hydrogens is 415 g/mol. The lowest BCUT2D eigenvalue weighted by atomic mass is 10.2. The lowest BCUT2D eigenvalue weighted by molar-refractivity contribution is 0.386. The highest BCUT2D eigenvalue weighted by Crippen LogP contribution is 2.27. The summed E-state index contributed by atoms with van der Waals surface area (Å²) in [5.41, 5.74) is 2.16. The second kappa shape index (κ2) is 9.22. The van der Waals surface area contributed by atoms with E-state index in [0.717, 1.165) is 11.1 Å². The van der Waals surface area contributed by atoms with Crippen LogP contribution in [0.1, 0.15) is 11.1 Å². The van der Waals surface area contributed by atoms with E-state index in [4.69, 9.17) is 14.5 Å². The van der Waals surface area contributed by atoms with Gasteiger partial charge in [0.1, 0.15) is 5.75 Å². The van der Waals surface area contributed by atoms with Crippen LogP contribution in [0.25, 0.3) is 10.9 Å². The van der Waals surface area contributed by atoms with Crippen LogP contribution in [0, 0.1) is 5.82 Å². The van der Waals surface area contributed by atoms with Crippen molar-refractivity contribution in [3.05, 3.63) is 94.0 Å². The molecule has 0 saturated carbocycles. The summed E-state index contributed by atoms with van der Waals surface area (Å²) in [6.45, 7) is 0.319. The van der Waals surface area contributed by atoms with Crippen LogP contribution in [0.15, 0.2) is 76.7 Å². The zero-order valence-corrected chi connectivity index (χ0v) is 18.0. The molecule has 7 heteroatoms. The lowest BCUT2D eigenvalue weighted by Crippen LogP contribution is -2.24. The first-order chi connectivity index (χ1) is 15.1. The molecule has 0 atom stereocenters. The van der Waals surface area contributed by atoms with Crippen molar-refractivity contribution in [1.29, 1.82) is 0 Å². The standard InChI is InChI=1S/C24H21FN2O3S/c1-29-21-10-6-3-7-17(21)14-27-23(28)18-8-4-5-9-20(18)26-24(27)31-15-16-11-12-22(30-2)19(25)13-16/h3-13H,14-15H2,1-2H3. The molecule has 0 fully saturated rings. The van der Waals surface area contributed by atoms with Gasteiger partial charge in [0.15, 0.2) is 16.7 Å². The van der Waals surface area contributed by atoms with E-state index in [1.165, 1.54) is 24.9 Å². The van der Waals surface area contributed by atoms with Gasteiger partial charge in [-0.3, -0.25) is 9.36 Å². The van der Waals surface area contributed by atoms with E-state index < -0.39 is 5.82 Å². The zero-order valence-electron chi connectivity index (χ0n) is 17.2. The summed E-state index contributed by atoms with van der Waals surface area (Å²) >= 11 is 1.39. The van der Waals surface area contributed by atoms with Gasteiger partial charge in [0.05, 0.1) is 31.7 Å². The predicted molar refractivity (Wildman–Crippen MR) is 121 cm³/mol. The number of nitrogens with zero attached hydrogens (tertiary/aromatic N) is 2. The summed E-state index contributed by atoms with van der Waals surface area (Å²) < 4.78 is 26.2. The third-order valence-corrected chi connectivity index (χ3v) is 5.98. The summed E-state index contributed by atoms with van der Waals surface area (Å²) in [4.78, 5) is 18.0. The minimum absolute atomic E-state index is 0.125. The number of ether oxygens (including phenoxy) is 2. The summed E-state index contributed by atoms with van der Waals surface area (Å²) in [6.07, 6.45) is 0. The van der Waals surface area contributed by atoms with Crippen LogP contribution in [0.2, 0.25) is 0 Å². The Morgan fingerprint density at radius 2 is 1.71 bits per heavy atom. The molecule has 0 amide bonds. The van der Waals surface area contributed by atoms with Gasteiger partial charge in [-0.1, -0.05) is 48.2 Å². The molecule has 158 valence electrons. The first kappa shape index (κ1) is 20.9. The van der Waals surface area contributed by atoms with Gasteiger partial charge >= 0.3 is 0 Å². The van der Waals surface area contributed by atoms with Crippen molar-refractivity contribution >= 4 is 22.7 Å². The average Bonchev–Trinajstić information content (AvgIpc) is 2.80. The molecule has 0 bridgehead atoms. The van der Waals surface area contributed by atoms with Crippen molar-refractivity contribution in [3.8, 4) is 11.5 Å². The minimum atomic E-state index is -0.418. The van der Waals surface area contributed by atoms with Crippen molar-refractivity contribution in [2.24, 2.45) is 0 Å². The number of rotatable bonds is 7. The molecule has 0 N–H and O–H groups in total. The van der Waals surface area contributed by atoms with E-state index >= 15 is 0 Å². The van der Waals surface area contributed by atoms with Crippen LogP contribution >= 0.6 is 11.8 Å². The smallest absolute Gasteiger partial charge is 0.262 e. The molecule has 0 radical (unpaired) electrons. The van der Waals surface area contributed by atoms with Crippen LogP contribution in [0.5, 0.6) is 11.5 Å². The minimum Gasteiger partial charge on any atom is -0.496 e. The quantitative estimate of drug-likeness (QED) is 0.305. The van der Waals surface area contributed by atoms with Crippen LogP contribution < -0.4 is 15.0 Å². The Kier molecular flexibility index (Phi) is 6.23. The van der Waals surface area contributed by atoms with Gasteiger partial charge in [-0.25, -0.2) is 9.37 Å². The highest BCUT2D eigenvalue weighted by Gasteiger charge is 2.14. The molecule has 4 rings (SSSR count). The highest BCUT2D eigenvalue weighted by molar-refractivity contribution is 7.98. The van der Waals surface area contributed by atoms with Crippen molar-refractivity contribution in [3.63, 3.8) is 0 Å². The fourth-order valence-electron chi connectivity index (χ4n) is 3.35. The lowest BCUT2D eigenvalue weighted by Gasteiger charge is -2.15. The largest absolute Gasteiger partial charge is 0.496 e. The summed E-state index contributed by atoms with van der Waals surface area (Å²) in [5, 5.41) is 1.11. The molecule has 4 aromatic rings. The van der Waals surface area contributed by atoms with Gasteiger partial charge in [0.2, 0.25) is 0 Å². The second-order valence-corrected chi connectivity index (χ2v) is 7.81. The molecule has 1 aromatic heterocycles. The fraction of sp³-hybridized carbons (Fsp3) is 0.167. The van der Waals surface area contributed by atoms with Crippen molar-refractivity contribution < 1.29 is 13.9 Å². The van der Waals surface area contributed by atoms with Gasteiger partial charge < -0.3 is 9.47 Å². The van der Waals surface area contributed by atoms with Crippen LogP contribution in [-0.4, -0.2) is 23.8 Å². The number of para-hydroxylation sites is 2. The molecule has 0 spiro atoms. The molecule has 0 aliphatic carbocycles. The zero-order chi connectivity index (χ0) is 21.8. The molecule has 0 aliphatic rings. The fourth-order valence-corrected chi connectivity index (χ4v) is 4.29. The monoisotopic (exact) mass is 436 g/mol. The molecular formula is C24H21FN2O3S.